The fourth-order valence-corrected chi connectivity index (χ4v) is 2.41. The highest BCUT2D eigenvalue weighted by atomic mass is 35.5. The van der Waals surface area contributed by atoms with Crippen molar-refractivity contribution in [2.45, 2.75) is 19.8 Å². The van der Waals surface area contributed by atoms with Crippen molar-refractivity contribution in [2.24, 2.45) is 0 Å². The van der Waals surface area contributed by atoms with Crippen LogP contribution in [0.4, 0.5) is 0 Å². The molecule has 0 heterocycles. The summed E-state index contributed by atoms with van der Waals surface area (Å²) >= 11 is 11.7. The lowest BCUT2D eigenvalue weighted by Gasteiger charge is -2.11. The van der Waals surface area contributed by atoms with Crippen LogP contribution >= 0.6 is 23.2 Å². The zero-order valence-electron chi connectivity index (χ0n) is 14.4. The summed E-state index contributed by atoms with van der Waals surface area (Å²) in [5.41, 5.74) is 1.34. The predicted octanol–water partition coefficient (Wildman–Crippen LogP) is 4.68. The molecule has 0 radical (unpaired) electrons. The standard InChI is InChI=1S/C20H20Cl2N2O2/c1-2-3-12-23-20(26)18(13-14-4-8-16(21)9-5-14)24-19(25)15-6-10-17(22)11-7-15/h4-11,13H,2-3,12H2,1H3,(H,23,26)(H,24,25)/b18-13+. The van der Waals surface area contributed by atoms with Gasteiger partial charge < -0.3 is 10.6 Å². The van der Waals surface area contributed by atoms with Gasteiger partial charge in [0.15, 0.2) is 0 Å². The summed E-state index contributed by atoms with van der Waals surface area (Å²) in [6.07, 6.45) is 3.45. The van der Waals surface area contributed by atoms with Crippen molar-refractivity contribution in [3.8, 4) is 0 Å². The van der Waals surface area contributed by atoms with Crippen molar-refractivity contribution in [1.29, 1.82) is 0 Å². The van der Waals surface area contributed by atoms with Crippen LogP contribution in [0, 0.1) is 0 Å². The largest absolute Gasteiger partial charge is 0.351 e. The van der Waals surface area contributed by atoms with Crippen molar-refractivity contribution in [1.82, 2.24) is 10.6 Å². The van der Waals surface area contributed by atoms with Gasteiger partial charge >= 0.3 is 0 Å². The monoisotopic (exact) mass is 390 g/mol. The summed E-state index contributed by atoms with van der Waals surface area (Å²) in [6, 6.07) is 13.5. The van der Waals surface area contributed by atoms with Crippen LogP contribution in [0.2, 0.25) is 10.0 Å². The summed E-state index contributed by atoms with van der Waals surface area (Å²) in [5, 5.41) is 6.62. The van der Waals surface area contributed by atoms with E-state index in [9.17, 15) is 9.59 Å². The SMILES string of the molecule is CCCCNC(=O)/C(=C\c1ccc(Cl)cc1)NC(=O)c1ccc(Cl)cc1. The average molecular weight is 391 g/mol. The minimum absolute atomic E-state index is 0.170. The van der Waals surface area contributed by atoms with E-state index in [-0.39, 0.29) is 17.5 Å². The normalized spacial score (nSPS) is 11.1. The Kier molecular flexibility index (Phi) is 7.70. The zero-order valence-corrected chi connectivity index (χ0v) is 15.9. The second kappa shape index (κ2) is 10.00. The minimum atomic E-state index is -0.382. The number of carbonyl (C=O) groups excluding carboxylic acids is 2. The molecule has 0 atom stereocenters. The van der Waals surface area contributed by atoms with Crippen LogP contribution in [0.3, 0.4) is 0 Å². The molecular weight excluding hydrogens is 371 g/mol. The van der Waals surface area contributed by atoms with Gasteiger partial charge in [-0.1, -0.05) is 48.7 Å². The van der Waals surface area contributed by atoms with Crippen molar-refractivity contribution in [3.63, 3.8) is 0 Å². The molecule has 0 unspecified atom stereocenters. The van der Waals surface area contributed by atoms with Gasteiger partial charge in [-0.05, 0) is 54.5 Å². The number of hydrogen-bond acceptors (Lipinski definition) is 2. The first kappa shape index (κ1) is 20.0. The van der Waals surface area contributed by atoms with Gasteiger partial charge in [-0.15, -0.1) is 0 Å². The van der Waals surface area contributed by atoms with E-state index in [1.807, 2.05) is 6.92 Å². The molecule has 0 bridgehead atoms. The van der Waals surface area contributed by atoms with Crippen molar-refractivity contribution < 1.29 is 9.59 Å². The molecule has 0 aliphatic rings. The molecule has 4 nitrogen and oxygen atoms in total. The van der Waals surface area contributed by atoms with E-state index >= 15 is 0 Å². The molecule has 2 amide bonds. The highest BCUT2D eigenvalue weighted by Gasteiger charge is 2.14. The Balaban J connectivity index is 2.21. The van der Waals surface area contributed by atoms with E-state index in [1.165, 1.54) is 0 Å². The molecule has 0 fully saturated rings. The van der Waals surface area contributed by atoms with Crippen LogP contribution in [-0.4, -0.2) is 18.4 Å². The number of nitrogens with one attached hydrogen (secondary N) is 2. The van der Waals surface area contributed by atoms with Crippen molar-refractivity contribution in [2.75, 3.05) is 6.54 Å². The number of unbranched alkanes of at least 4 members (excludes halogenated alkanes) is 1. The van der Waals surface area contributed by atoms with Crippen LogP contribution in [0.5, 0.6) is 0 Å². The van der Waals surface area contributed by atoms with E-state index in [2.05, 4.69) is 10.6 Å². The van der Waals surface area contributed by atoms with Gasteiger partial charge in [-0.25, -0.2) is 0 Å². The molecule has 136 valence electrons. The number of rotatable bonds is 7. The summed E-state index contributed by atoms with van der Waals surface area (Å²) in [7, 11) is 0. The molecule has 26 heavy (non-hydrogen) atoms. The molecule has 0 aromatic heterocycles. The first-order valence-corrected chi connectivity index (χ1v) is 9.07. The number of carbonyl (C=O) groups is 2. The Labute approximate surface area is 163 Å². The highest BCUT2D eigenvalue weighted by molar-refractivity contribution is 6.31. The Hall–Kier alpha value is -2.30. The lowest BCUT2D eigenvalue weighted by molar-refractivity contribution is -0.117. The van der Waals surface area contributed by atoms with Crippen LogP contribution in [0.25, 0.3) is 6.08 Å². The number of halogens is 2. The smallest absolute Gasteiger partial charge is 0.267 e. The summed E-state index contributed by atoms with van der Waals surface area (Å²) in [6.45, 7) is 2.59. The Morgan fingerprint density at radius 2 is 1.54 bits per heavy atom. The third kappa shape index (κ3) is 6.21. The molecular formula is C20H20Cl2N2O2. The summed E-state index contributed by atoms with van der Waals surface area (Å²) < 4.78 is 0. The maximum Gasteiger partial charge on any atom is 0.267 e. The van der Waals surface area contributed by atoms with Gasteiger partial charge in [0.25, 0.3) is 11.8 Å². The maximum absolute atomic E-state index is 12.5. The molecule has 6 heteroatoms. The van der Waals surface area contributed by atoms with Crippen LogP contribution < -0.4 is 10.6 Å². The van der Waals surface area contributed by atoms with E-state index in [4.69, 9.17) is 23.2 Å². The number of benzene rings is 2. The molecule has 0 aliphatic carbocycles. The first-order valence-electron chi connectivity index (χ1n) is 8.32. The van der Waals surface area contributed by atoms with E-state index in [0.29, 0.717) is 22.2 Å². The van der Waals surface area contributed by atoms with E-state index in [0.717, 1.165) is 18.4 Å². The van der Waals surface area contributed by atoms with E-state index < -0.39 is 0 Å². The second-order valence-corrected chi connectivity index (χ2v) is 6.55. The van der Waals surface area contributed by atoms with Gasteiger partial charge in [0, 0.05) is 22.2 Å². The molecule has 0 saturated carbocycles. The maximum atomic E-state index is 12.5. The fourth-order valence-electron chi connectivity index (χ4n) is 2.15. The fraction of sp³-hybridized carbons (Fsp3) is 0.200. The average Bonchev–Trinajstić information content (AvgIpc) is 2.63. The van der Waals surface area contributed by atoms with Crippen molar-refractivity contribution in [3.05, 3.63) is 75.4 Å². The molecule has 0 aliphatic heterocycles. The molecule has 0 saturated heterocycles. The quantitative estimate of drug-likeness (QED) is 0.532. The Morgan fingerprint density at radius 1 is 0.962 bits per heavy atom. The predicted molar refractivity (Wildman–Crippen MR) is 106 cm³/mol. The van der Waals surface area contributed by atoms with Crippen LogP contribution in [-0.2, 0) is 4.79 Å². The summed E-state index contributed by atoms with van der Waals surface area (Å²) in [4.78, 5) is 24.9. The van der Waals surface area contributed by atoms with Gasteiger partial charge in [0.1, 0.15) is 5.70 Å². The summed E-state index contributed by atoms with van der Waals surface area (Å²) in [5.74, 6) is -0.719. The van der Waals surface area contributed by atoms with Crippen LogP contribution in [0.15, 0.2) is 54.2 Å². The Bertz CT molecular complexity index is 784. The topological polar surface area (TPSA) is 58.2 Å². The van der Waals surface area contributed by atoms with Gasteiger partial charge in [-0.2, -0.15) is 0 Å². The van der Waals surface area contributed by atoms with Gasteiger partial charge in [0.05, 0.1) is 0 Å². The zero-order chi connectivity index (χ0) is 18.9. The van der Waals surface area contributed by atoms with Gasteiger partial charge in [-0.3, -0.25) is 9.59 Å². The lowest BCUT2D eigenvalue weighted by atomic mass is 10.1. The molecule has 2 aromatic rings. The molecule has 2 N–H and O–H groups in total. The minimum Gasteiger partial charge on any atom is -0.351 e. The number of hydrogen-bond donors (Lipinski definition) is 2. The number of amides is 2. The lowest BCUT2D eigenvalue weighted by Crippen LogP contribution is -2.35. The van der Waals surface area contributed by atoms with E-state index in [1.54, 1.807) is 54.6 Å². The third-order valence-corrected chi connectivity index (χ3v) is 4.10. The molecule has 0 spiro atoms. The third-order valence-electron chi connectivity index (χ3n) is 3.60. The second-order valence-electron chi connectivity index (χ2n) is 5.68. The van der Waals surface area contributed by atoms with Crippen LogP contribution in [0.1, 0.15) is 35.7 Å². The molecule has 2 aromatic carbocycles. The molecule has 2 rings (SSSR count). The highest BCUT2D eigenvalue weighted by Crippen LogP contribution is 2.13. The first-order chi connectivity index (χ1) is 12.5. The van der Waals surface area contributed by atoms with Gasteiger partial charge in [0.2, 0.25) is 0 Å². The van der Waals surface area contributed by atoms with Crippen molar-refractivity contribution >= 4 is 41.1 Å². The Morgan fingerprint density at radius 3 is 2.12 bits per heavy atom.